The van der Waals surface area contributed by atoms with Crippen LogP contribution in [-0.2, 0) is 17.5 Å². The van der Waals surface area contributed by atoms with E-state index in [0.717, 1.165) is 12.1 Å². The van der Waals surface area contributed by atoms with Crippen molar-refractivity contribution in [3.05, 3.63) is 35.4 Å². The number of hydrogen-bond donors (Lipinski definition) is 2. The van der Waals surface area contributed by atoms with E-state index in [2.05, 4.69) is 5.32 Å². The summed E-state index contributed by atoms with van der Waals surface area (Å²) in [6.07, 6.45) is -4.21. The summed E-state index contributed by atoms with van der Waals surface area (Å²) < 4.78 is 37.6. The molecule has 0 heterocycles. The van der Waals surface area contributed by atoms with E-state index in [4.69, 9.17) is 5.73 Å². The minimum atomic E-state index is -4.37. The van der Waals surface area contributed by atoms with Gasteiger partial charge in [0, 0.05) is 19.0 Å². The van der Waals surface area contributed by atoms with Crippen LogP contribution in [-0.4, -0.2) is 11.9 Å². The van der Waals surface area contributed by atoms with E-state index in [9.17, 15) is 18.0 Å². The monoisotopic (exact) mass is 288 g/mol. The van der Waals surface area contributed by atoms with Crippen LogP contribution in [0, 0.1) is 5.92 Å². The maximum Gasteiger partial charge on any atom is 0.416 e. The van der Waals surface area contributed by atoms with Gasteiger partial charge in [-0.1, -0.05) is 26.0 Å². The molecule has 1 atom stereocenters. The Bertz CT molecular complexity index is 458. The quantitative estimate of drug-likeness (QED) is 0.875. The standard InChI is InChI=1S/C14H19F3N2O/c1-9(2)12(18)7-13(20)19-8-10-4-3-5-11(6-10)14(15,16)17/h3-6,9,12H,7-8,18H2,1-2H3,(H,19,20). The minimum absolute atomic E-state index is 0.0631. The Kier molecular flexibility index (Phi) is 5.56. The number of halogens is 3. The Morgan fingerprint density at radius 2 is 2.00 bits per heavy atom. The van der Waals surface area contributed by atoms with E-state index >= 15 is 0 Å². The summed E-state index contributed by atoms with van der Waals surface area (Å²) in [5.74, 6) is -0.0853. The number of benzene rings is 1. The third kappa shape index (κ3) is 5.21. The van der Waals surface area contributed by atoms with Crippen LogP contribution in [0.2, 0.25) is 0 Å². The molecule has 1 aromatic rings. The smallest absolute Gasteiger partial charge is 0.352 e. The third-order valence-electron chi connectivity index (χ3n) is 3.02. The van der Waals surface area contributed by atoms with Gasteiger partial charge in [-0.25, -0.2) is 0 Å². The van der Waals surface area contributed by atoms with Gasteiger partial charge in [0.1, 0.15) is 0 Å². The summed E-state index contributed by atoms with van der Waals surface area (Å²) in [5.41, 5.74) is 5.45. The summed E-state index contributed by atoms with van der Waals surface area (Å²) in [7, 11) is 0. The summed E-state index contributed by atoms with van der Waals surface area (Å²) in [6.45, 7) is 3.88. The van der Waals surface area contributed by atoms with Crippen molar-refractivity contribution in [3.8, 4) is 0 Å². The SMILES string of the molecule is CC(C)C(N)CC(=O)NCc1cccc(C(F)(F)F)c1. The van der Waals surface area contributed by atoms with Gasteiger partial charge in [0.15, 0.2) is 0 Å². The molecule has 0 saturated heterocycles. The van der Waals surface area contributed by atoms with Crippen molar-refractivity contribution in [2.75, 3.05) is 0 Å². The molecule has 0 saturated carbocycles. The molecule has 1 aromatic carbocycles. The Labute approximate surface area is 116 Å². The van der Waals surface area contributed by atoms with Gasteiger partial charge < -0.3 is 11.1 Å². The molecule has 3 N–H and O–H groups in total. The van der Waals surface area contributed by atoms with Crippen LogP contribution in [0.25, 0.3) is 0 Å². The minimum Gasteiger partial charge on any atom is -0.352 e. The highest BCUT2D eigenvalue weighted by Gasteiger charge is 2.30. The average molecular weight is 288 g/mol. The van der Waals surface area contributed by atoms with E-state index in [-0.39, 0.29) is 30.8 Å². The molecule has 1 unspecified atom stereocenters. The lowest BCUT2D eigenvalue weighted by molar-refractivity contribution is -0.137. The Hall–Kier alpha value is -1.56. The van der Waals surface area contributed by atoms with Crippen LogP contribution >= 0.6 is 0 Å². The Morgan fingerprint density at radius 1 is 1.35 bits per heavy atom. The maximum atomic E-state index is 12.5. The van der Waals surface area contributed by atoms with Crippen molar-refractivity contribution in [1.82, 2.24) is 5.32 Å². The topological polar surface area (TPSA) is 55.1 Å². The van der Waals surface area contributed by atoms with E-state index in [0.29, 0.717) is 5.56 Å². The molecule has 1 rings (SSSR count). The molecule has 112 valence electrons. The second-order valence-electron chi connectivity index (χ2n) is 5.09. The number of nitrogens with two attached hydrogens (primary N) is 1. The summed E-state index contributed by atoms with van der Waals surface area (Å²) in [5, 5.41) is 2.58. The lowest BCUT2D eigenvalue weighted by Crippen LogP contribution is -2.34. The first kappa shape index (κ1) is 16.5. The zero-order valence-corrected chi connectivity index (χ0v) is 11.5. The van der Waals surface area contributed by atoms with Crippen LogP contribution in [0.5, 0.6) is 0 Å². The lowest BCUT2D eigenvalue weighted by Gasteiger charge is -2.15. The number of carbonyl (C=O) groups excluding carboxylic acids is 1. The van der Waals surface area contributed by atoms with Crippen LogP contribution in [0.15, 0.2) is 24.3 Å². The van der Waals surface area contributed by atoms with Crippen molar-refractivity contribution in [2.24, 2.45) is 11.7 Å². The van der Waals surface area contributed by atoms with Gasteiger partial charge in [0.05, 0.1) is 5.56 Å². The lowest BCUT2D eigenvalue weighted by atomic mass is 10.0. The molecule has 0 aliphatic rings. The molecule has 0 aliphatic heterocycles. The molecule has 1 amide bonds. The maximum absolute atomic E-state index is 12.5. The number of rotatable bonds is 5. The van der Waals surface area contributed by atoms with E-state index in [1.54, 1.807) is 0 Å². The summed E-state index contributed by atoms with van der Waals surface area (Å²) in [4.78, 5) is 11.6. The zero-order valence-electron chi connectivity index (χ0n) is 11.5. The second-order valence-corrected chi connectivity index (χ2v) is 5.09. The first-order valence-electron chi connectivity index (χ1n) is 6.38. The Morgan fingerprint density at radius 3 is 2.55 bits per heavy atom. The normalized spacial score (nSPS) is 13.3. The molecular weight excluding hydrogens is 269 g/mol. The van der Waals surface area contributed by atoms with Crippen LogP contribution < -0.4 is 11.1 Å². The fourth-order valence-electron chi connectivity index (χ4n) is 1.58. The van der Waals surface area contributed by atoms with Crippen molar-refractivity contribution >= 4 is 5.91 Å². The van der Waals surface area contributed by atoms with Crippen molar-refractivity contribution < 1.29 is 18.0 Å². The predicted molar refractivity (Wildman–Crippen MR) is 70.7 cm³/mol. The van der Waals surface area contributed by atoms with Crippen molar-refractivity contribution in [3.63, 3.8) is 0 Å². The summed E-state index contributed by atoms with van der Waals surface area (Å²) >= 11 is 0. The summed E-state index contributed by atoms with van der Waals surface area (Å²) in [6, 6.07) is 4.64. The van der Waals surface area contributed by atoms with Crippen LogP contribution in [0.3, 0.4) is 0 Å². The van der Waals surface area contributed by atoms with Gasteiger partial charge in [-0.3, -0.25) is 4.79 Å². The number of hydrogen-bond acceptors (Lipinski definition) is 2. The molecule has 0 spiro atoms. The highest BCUT2D eigenvalue weighted by molar-refractivity contribution is 5.76. The number of nitrogens with one attached hydrogen (secondary N) is 1. The van der Waals surface area contributed by atoms with Crippen LogP contribution in [0.4, 0.5) is 13.2 Å². The van der Waals surface area contributed by atoms with Gasteiger partial charge >= 0.3 is 6.18 Å². The van der Waals surface area contributed by atoms with Gasteiger partial charge in [-0.15, -0.1) is 0 Å². The van der Waals surface area contributed by atoms with Gasteiger partial charge in [-0.05, 0) is 23.6 Å². The van der Waals surface area contributed by atoms with Gasteiger partial charge in [-0.2, -0.15) is 13.2 Å². The number of amides is 1. The second kappa shape index (κ2) is 6.74. The zero-order chi connectivity index (χ0) is 15.3. The largest absolute Gasteiger partial charge is 0.416 e. The molecule has 20 heavy (non-hydrogen) atoms. The van der Waals surface area contributed by atoms with E-state index in [1.807, 2.05) is 13.8 Å². The first-order valence-corrected chi connectivity index (χ1v) is 6.38. The molecular formula is C14H19F3N2O. The van der Waals surface area contributed by atoms with Crippen LogP contribution in [0.1, 0.15) is 31.4 Å². The average Bonchev–Trinajstić information content (AvgIpc) is 2.35. The van der Waals surface area contributed by atoms with Gasteiger partial charge in [0.2, 0.25) is 5.91 Å². The molecule has 0 aromatic heterocycles. The number of carbonyl (C=O) groups is 1. The first-order chi connectivity index (χ1) is 9.20. The molecule has 6 heteroatoms. The van der Waals surface area contributed by atoms with Crippen molar-refractivity contribution in [2.45, 2.75) is 39.0 Å². The highest BCUT2D eigenvalue weighted by Crippen LogP contribution is 2.29. The molecule has 0 aliphatic carbocycles. The van der Waals surface area contributed by atoms with Crippen molar-refractivity contribution in [1.29, 1.82) is 0 Å². The fourth-order valence-corrected chi connectivity index (χ4v) is 1.58. The molecule has 3 nitrogen and oxygen atoms in total. The van der Waals surface area contributed by atoms with E-state index in [1.165, 1.54) is 12.1 Å². The predicted octanol–water partition coefficient (Wildman–Crippen LogP) is 2.70. The van der Waals surface area contributed by atoms with Gasteiger partial charge in [0.25, 0.3) is 0 Å². The molecule has 0 bridgehead atoms. The highest BCUT2D eigenvalue weighted by atomic mass is 19.4. The van der Waals surface area contributed by atoms with E-state index < -0.39 is 11.7 Å². The number of alkyl halides is 3. The fraction of sp³-hybridized carbons (Fsp3) is 0.500. The molecule has 0 radical (unpaired) electrons. The molecule has 0 fully saturated rings. The Balaban J connectivity index is 2.56. The third-order valence-corrected chi connectivity index (χ3v) is 3.02.